The summed E-state index contributed by atoms with van der Waals surface area (Å²) >= 11 is 0. The van der Waals surface area contributed by atoms with E-state index < -0.39 is 17.5 Å². The van der Waals surface area contributed by atoms with E-state index in [1.165, 1.54) is 18.2 Å². The maximum atomic E-state index is 14.1. The van der Waals surface area contributed by atoms with Crippen LogP contribution in [0.3, 0.4) is 0 Å². The second-order valence-corrected chi connectivity index (χ2v) is 6.57. The van der Waals surface area contributed by atoms with Gasteiger partial charge in [0.2, 0.25) is 5.55 Å². The number of halogens is 2. The molecule has 2 aromatic carbocycles. The summed E-state index contributed by atoms with van der Waals surface area (Å²) in [6.07, 6.45) is 1.60. The average molecular weight is 407 g/mol. The summed E-state index contributed by atoms with van der Waals surface area (Å²) in [5.41, 5.74) is 0.766. The van der Waals surface area contributed by atoms with E-state index in [1.807, 2.05) is 6.92 Å². The van der Waals surface area contributed by atoms with E-state index in [-0.39, 0.29) is 28.1 Å². The molecule has 0 bridgehead atoms. The Morgan fingerprint density at radius 2 is 1.93 bits per heavy atom. The van der Waals surface area contributed by atoms with Crippen LogP contribution >= 0.6 is 0 Å². The van der Waals surface area contributed by atoms with E-state index in [9.17, 15) is 18.7 Å². The third-order valence-corrected chi connectivity index (χ3v) is 4.26. The maximum absolute atomic E-state index is 14.1. The minimum absolute atomic E-state index is 0.0132. The summed E-state index contributed by atoms with van der Waals surface area (Å²) in [7, 11) is 0. The molecule has 30 heavy (non-hydrogen) atoms. The Bertz CT molecular complexity index is 1330. The summed E-state index contributed by atoms with van der Waals surface area (Å²) in [5, 5.41) is 12.9. The van der Waals surface area contributed by atoms with E-state index in [4.69, 9.17) is 4.42 Å². The molecule has 4 rings (SSSR count). The highest BCUT2D eigenvalue weighted by atomic mass is 19.1. The molecule has 0 spiro atoms. The molecule has 2 heterocycles. The van der Waals surface area contributed by atoms with Gasteiger partial charge in [0, 0.05) is 23.7 Å². The summed E-state index contributed by atoms with van der Waals surface area (Å²) in [6, 6.07) is 12.1. The maximum Gasteiger partial charge on any atom is 0.262 e. The molecule has 150 valence electrons. The topological polar surface area (TPSA) is 87.7 Å². The first-order valence-electron chi connectivity index (χ1n) is 8.90. The smallest absolute Gasteiger partial charge is 0.262 e. The number of amides is 1. The van der Waals surface area contributed by atoms with Crippen molar-refractivity contribution in [2.75, 3.05) is 5.32 Å². The predicted octanol–water partition coefficient (Wildman–Crippen LogP) is 4.60. The first-order valence-corrected chi connectivity index (χ1v) is 8.90. The standard InChI is InChI=1S/C22H15F2N3O3/c1-12-2-7-20(25-11-12)27-21(29)16-8-13-3-5-15(28)10-19(13)30-22(16)26-18-6-4-14(23)9-17(18)24/h2-11,28H,1H3,(H,25,27,29). The van der Waals surface area contributed by atoms with Crippen molar-refractivity contribution in [1.82, 2.24) is 4.98 Å². The number of aromatic nitrogens is 1. The monoisotopic (exact) mass is 407 g/mol. The van der Waals surface area contributed by atoms with Gasteiger partial charge < -0.3 is 14.8 Å². The van der Waals surface area contributed by atoms with E-state index >= 15 is 0 Å². The first kappa shape index (κ1) is 19.3. The van der Waals surface area contributed by atoms with Gasteiger partial charge in [0.05, 0.1) is 0 Å². The van der Waals surface area contributed by atoms with Crippen LogP contribution in [-0.4, -0.2) is 16.0 Å². The number of pyridine rings is 1. The number of nitrogens with zero attached hydrogens (tertiary/aromatic N) is 2. The normalized spacial score (nSPS) is 11.6. The number of anilines is 1. The second kappa shape index (κ2) is 7.75. The highest BCUT2D eigenvalue weighted by molar-refractivity contribution is 6.05. The molecule has 0 saturated carbocycles. The lowest BCUT2D eigenvalue weighted by Crippen LogP contribution is -2.22. The van der Waals surface area contributed by atoms with Crippen molar-refractivity contribution in [2.24, 2.45) is 4.99 Å². The Morgan fingerprint density at radius 1 is 1.10 bits per heavy atom. The van der Waals surface area contributed by atoms with E-state index in [0.29, 0.717) is 17.3 Å². The summed E-state index contributed by atoms with van der Waals surface area (Å²) < 4.78 is 33.0. The number of rotatable bonds is 3. The number of hydrogen-bond donors (Lipinski definition) is 2. The molecule has 0 atom stereocenters. The van der Waals surface area contributed by atoms with Gasteiger partial charge in [-0.3, -0.25) is 4.79 Å². The Balaban J connectivity index is 1.86. The molecule has 6 nitrogen and oxygen atoms in total. The number of carbonyl (C=O) groups is 1. The minimum Gasteiger partial charge on any atom is -0.508 e. The van der Waals surface area contributed by atoms with Crippen LogP contribution in [0.4, 0.5) is 20.3 Å². The summed E-state index contributed by atoms with van der Waals surface area (Å²) in [6.45, 7) is 1.87. The van der Waals surface area contributed by atoms with Crippen molar-refractivity contribution in [3.05, 3.63) is 89.1 Å². The summed E-state index contributed by atoms with van der Waals surface area (Å²) in [4.78, 5) is 21.1. The Hall–Kier alpha value is -4.07. The van der Waals surface area contributed by atoms with E-state index in [2.05, 4.69) is 15.3 Å². The van der Waals surface area contributed by atoms with Gasteiger partial charge in [0.1, 0.15) is 34.2 Å². The molecule has 0 unspecified atom stereocenters. The van der Waals surface area contributed by atoms with Crippen LogP contribution in [0.1, 0.15) is 15.9 Å². The van der Waals surface area contributed by atoms with Crippen LogP contribution in [0.25, 0.3) is 11.0 Å². The molecule has 2 N–H and O–H groups in total. The molecule has 0 fully saturated rings. The number of phenolic OH excluding ortho intramolecular Hbond substituents is 1. The number of aryl methyl sites for hydroxylation is 1. The number of aromatic hydroxyl groups is 1. The lowest BCUT2D eigenvalue weighted by atomic mass is 10.1. The van der Waals surface area contributed by atoms with Gasteiger partial charge in [-0.15, -0.1) is 0 Å². The molecule has 0 aliphatic heterocycles. The fraction of sp³-hybridized carbons (Fsp3) is 0.0455. The highest BCUT2D eigenvalue weighted by Crippen LogP contribution is 2.22. The van der Waals surface area contributed by atoms with E-state index in [1.54, 1.807) is 24.4 Å². The number of hydrogen-bond acceptors (Lipinski definition) is 5. The lowest BCUT2D eigenvalue weighted by molar-refractivity contribution is 0.102. The third-order valence-electron chi connectivity index (χ3n) is 4.26. The fourth-order valence-corrected chi connectivity index (χ4v) is 2.76. The van der Waals surface area contributed by atoms with Crippen LogP contribution in [0.15, 0.2) is 70.2 Å². The SMILES string of the molecule is Cc1ccc(NC(=O)c2cc3ccc(O)cc3oc2=Nc2ccc(F)cc2F)nc1. The van der Waals surface area contributed by atoms with Gasteiger partial charge in [-0.1, -0.05) is 6.07 Å². The van der Waals surface area contributed by atoms with Crippen molar-refractivity contribution in [3.63, 3.8) is 0 Å². The number of phenols is 1. The molecule has 0 aliphatic rings. The predicted molar refractivity (Wildman–Crippen MR) is 106 cm³/mol. The molecular formula is C22H15F2N3O3. The third kappa shape index (κ3) is 4.02. The number of fused-ring (bicyclic) bond motifs is 1. The largest absolute Gasteiger partial charge is 0.508 e. The zero-order chi connectivity index (χ0) is 21.3. The molecule has 0 saturated heterocycles. The van der Waals surface area contributed by atoms with Crippen LogP contribution in [0, 0.1) is 18.6 Å². The van der Waals surface area contributed by atoms with Crippen LogP contribution in [-0.2, 0) is 0 Å². The quantitative estimate of drug-likeness (QED) is 0.519. The molecule has 0 radical (unpaired) electrons. The molecule has 4 aromatic rings. The number of nitrogens with one attached hydrogen (secondary N) is 1. The van der Waals surface area contributed by atoms with Crippen molar-refractivity contribution >= 4 is 28.4 Å². The Labute approximate surface area is 169 Å². The van der Waals surface area contributed by atoms with Crippen molar-refractivity contribution in [3.8, 4) is 5.75 Å². The van der Waals surface area contributed by atoms with Crippen molar-refractivity contribution in [1.29, 1.82) is 0 Å². The number of carbonyl (C=O) groups excluding carboxylic acids is 1. The zero-order valence-electron chi connectivity index (χ0n) is 15.7. The average Bonchev–Trinajstić information content (AvgIpc) is 2.71. The van der Waals surface area contributed by atoms with Gasteiger partial charge in [0.15, 0.2) is 5.82 Å². The minimum atomic E-state index is -0.909. The molecule has 1 amide bonds. The van der Waals surface area contributed by atoms with Gasteiger partial charge in [-0.2, -0.15) is 0 Å². The lowest BCUT2D eigenvalue weighted by Gasteiger charge is -2.07. The Morgan fingerprint density at radius 3 is 2.67 bits per heavy atom. The van der Waals surface area contributed by atoms with Crippen LogP contribution < -0.4 is 10.9 Å². The van der Waals surface area contributed by atoms with Gasteiger partial charge >= 0.3 is 0 Å². The fourth-order valence-electron chi connectivity index (χ4n) is 2.76. The van der Waals surface area contributed by atoms with Crippen molar-refractivity contribution < 1.29 is 23.1 Å². The molecular weight excluding hydrogens is 392 g/mol. The second-order valence-electron chi connectivity index (χ2n) is 6.57. The van der Waals surface area contributed by atoms with Crippen LogP contribution in [0.2, 0.25) is 0 Å². The molecule has 8 heteroatoms. The Kier molecular flexibility index (Phi) is 4.97. The van der Waals surface area contributed by atoms with Gasteiger partial charge in [-0.25, -0.2) is 18.8 Å². The van der Waals surface area contributed by atoms with Crippen LogP contribution in [0.5, 0.6) is 5.75 Å². The zero-order valence-corrected chi connectivity index (χ0v) is 15.7. The molecule has 0 aliphatic carbocycles. The highest BCUT2D eigenvalue weighted by Gasteiger charge is 2.15. The van der Waals surface area contributed by atoms with E-state index in [0.717, 1.165) is 17.7 Å². The molecule has 2 aromatic heterocycles. The first-order chi connectivity index (χ1) is 14.4. The number of benzene rings is 2. The van der Waals surface area contributed by atoms with Gasteiger partial charge in [0.25, 0.3) is 5.91 Å². The van der Waals surface area contributed by atoms with Gasteiger partial charge in [-0.05, 0) is 48.9 Å². The van der Waals surface area contributed by atoms with Crippen molar-refractivity contribution in [2.45, 2.75) is 6.92 Å². The summed E-state index contributed by atoms with van der Waals surface area (Å²) in [5.74, 6) is -1.98.